The molecule has 4 nitrogen and oxygen atoms in total. The van der Waals surface area contributed by atoms with E-state index < -0.39 is 0 Å². The highest BCUT2D eigenvalue weighted by molar-refractivity contribution is 9.10. The summed E-state index contributed by atoms with van der Waals surface area (Å²) in [7, 11) is 3.14. The van der Waals surface area contributed by atoms with Gasteiger partial charge in [-0.15, -0.1) is 0 Å². The minimum absolute atomic E-state index is 0.633. The minimum atomic E-state index is 0.633. The minimum Gasteiger partial charge on any atom is -0.494 e. The van der Waals surface area contributed by atoms with Crippen LogP contribution in [-0.2, 0) is 0 Å². The molecule has 0 aliphatic heterocycles. The first kappa shape index (κ1) is 10.1. The molecule has 0 radical (unpaired) electrons. The van der Waals surface area contributed by atoms with Crippen LogP contribution in [-0.4, -0.2) is 14.2 Å². The number of nitrogens with two attached hydrogens (primary N) is 1. The van der Waals surface area contributed by atoms with Gasteiger partial charge >= 0.3 is 0 Å². The summed E-state index contributed by atoms with van der Waals surface area (Å²) in [5.74, 6) is 6.59. The van der Waals surface area contributed by atoms with E-state index in [4.69, 9.17) is 15.3 Å². The van der Waals surface area contributed by atoms with Gasteiger partial charge < -0.3 is 14.9 Å². The zero-order valence-electron chi connectivity index (χ0n) is 7.43. The standard InChI is InChI=1S/C8H11BrN2O2/c1-12-6-3-5(9)4-7(13-2)8(6)11-10/h3-4,11H,10H2,1-2H3. The van der Waals surface area contributed by atoms with Crippen LogP contribution >= 0.6 is 15.9 Å². The third-order valence-electron chi connectivity index (χ3n) is 1.61. The molecule has 0 fully saturated rings. The zero-order chi connectivity index (χ0) is 9.84. The first-order valence-electron chi connectivity index (χ1n) is 3.61. The maximum Gasteiger partial charge on any atom is 0.148 e. The van der Waals surface area contributed by atoms with Gasteiger partial charge in [0.25, 0.3) is 0 Å². The van der Waals surface area contributed by atoms with Gasteiger partial charge in [0, 0.05) is 4.47 Å². The number of anilines is 1. The SMILES string of the molecule is COc1cc(Br)cc(OC)c1NN. The highest BCUT2D eigenvalue weighted by Gasteiger charge is 2.09. The third-order valence-corrected chi connectivity index (χ3v) is 2.07. The van der Waals surface area contributed by atoms with Crippen LogP contribution in [0.2, 0.25) is 0 Å². The number of nitrogen functional groups attached to an aromatic ring is 1. The van der Waals surface area contributed by atoms with Gasteiger partial charge in [-0.2, -0.15) is 0 Å². The van der Waals surface area contributed by atoms with Crippen molar-refractivity contribution in [2.75, 3.05) is 19.6 Å². The van der Waals surface area contributed by atoms with Gasteiger partial charge in [-0.3, -0.25) is 5.84 Å². The van der Waals surface area contributed by atoms with Crippen molar-refractivity contribution in [3.8, 4) is 11.5 Å². The van der Waals surface area contributed by atoms with Crippen molar-refractivity contribution in [2.45, 2.75) is 0 Å². The second-order valence-electron chi connectivity index (χ2n) is 2.33. The summed E-state index contributed by atoms with van der Waals surface area (Å²) in [6.45, 7) is 0. The first-order valence-corrected chi connectivity index (χ1v) is 4.40. The van der Waals surface area contributed by atoms with E-state index in [-0.39, 0.29) is 0 Å². The van der Waals surface area contributed by atoms with Crippen LogP contribution in [0.1, 0.15) is 0 Å². The molecule has 13 heavy (non-hydrogen) atoms. The van der Waals surface area contributed by atoms with Crippen LogP contribution in [0, 0.1) is 0 Å². The van der Waals surface area contributed by atoms with Crippen LogP contribution in [0.3, 0.4) is 0 Å². The van der Waals surface area contributed by atoms with Gasteiger partial charge in [0.2, 0.25) is 0 Å². The van der Waals surface area contributed by atoms with Crippen molar-refractivity contribution in [1.82, 2.24) is 0 Å². The second-order valence-corrected chi connectivity index (χ2v) is 3.25. The lowest BCUT2D eigenvalue weighted by molar-refractivity contribution is 0.397. The van der Waals surface area contributed by atoms with Gasteiger partial charge in [0.1, 0.15) is 17.2 Å². The monoisotopic (exact) mass is 246 g/mol. The van der Waals surface area contributed by atoms with Crippen molar-refractivity contribution in [2.24, 2.45) is 5.84 Å². The number of nitrogens with one attached hydrogen (secondary N) is 1. The van der Waals surface area contributed by atoms with E-state index in [2.05, 4.69) is 21.4 Å². The Hall–Kier alpha value is -0.940. The first-order chi connectivity index (χ1) is 6.22. The molecule has 0 saturated heterocycles. The zero-order valence-corrected chi connectivity index (χ0v) is 9.01. The topological polar surface area (TPSA) is 56.5 Å². The fourth-order valence-corrected chi connectivity index (χ4v) is 1.44. The van der Waals surface area contributed by atoms with Gasteiger partial charge in [-0.05, 0) is 12.1 Å². The lowest BCUT2D eigenvalue weighted by Gasteiger charge is -2.12. The van der Waals surface area contributed by atoms with Gasteiger partial charge in [0.05, 0.1) is 14.2 Å². The lowest BCUT2D eigenvalue weighted by Crippen LogP contribution is -2.09. The molecule has 72 valence electrons. The average Bonchev–Trinajstić information content (AvgIpc) is 2.16. The summed E-state index contributed by atoms with van der Waals surface area (Å²) in [6.07, 6.45) is 0. The van der Waals surface area contributed by atoms with E-state index in [0.717, 1.165) is 4.47 Å². The summed E-state index contributed by atoms with van der Waals surface area (Å²) in [5, 5.41) is 0. The molecular weight excluding hydrogens is 236 g/mol. The Morgan fingerprint density at radius 2 is 1.69 bits per heavy atom. The summed E-state index contributed by atoms with van der Waals surface area (Å²) in [6, 6.07) is 3.61. The van der Waals surface area contributed by atoms with E-state index in [1.807, 2.05) is 0 Å². The Morgan fingerprint density at radius 3 is 2.00 bits per heavy atom. The number of hydrazine groups is 1. The van der Waals surface area contributed by atoms with Crippen molar-refractivity contribution in [3.05, 3.63) is 16.6 Å². The number of hydrogen-bond acceptors (Lipinski definition) is 4. The fourth-order valence-electron chi connectivity index (χ4n) is 1.02. The molecule has 0 heterocycles. The second kappa shape index (κ2) is 4.34. The molecule has 0 saturated carbocycles. The van der Waals surface area contributed by atoms with Gasteiger partial charge in [-0.25, -0.2) is 0 Å². The molecule has 0 spiro atoms. The predicted octanol–water partition coefficient (Wildman–Crippen LogP) is 1.75. The van der Waals surface area contributed by atoms with Crippen LogP contribution in [0.15, 0.2) is 16.6 Å². The van der Waals surface area contributed by atoms with Crippen LogP contribution in [0.4, 0.5) is 5.69 Å². The van der Waals surface area contributed by atoms with E-state index >= 15 is 0 Å². The molecule has 0 atom stereocenters. The van der Waals surface area contributed by atoms with Gasteiger partial charge in [-0.1, -0.05) is 15.9 Å². The average molecular weight is 247 g/mol. The quantitative estimate of drug-likeness (QED) is 0.631. The Bertz CT molecular complexity index is 279. The molecule has 5 heteroatoms. The summed E-state index contributed by atoms with van der Waals surface area (Å²) in [5.41, 5.74) is 3.16. The molecule has 1 aromatic rings. The van der Waals surface area contributed by atoms with Gasteiger partial charge in [0.15, 0.2) is 0 Å². The van der Waals surface area contributed by atoms with Crippen molar-refractivity contribution < 1.29 is 9.47 Å². The molecule has 3 N–H and O–H groups in total. The summed E-state index contributed by atoms with van der Waals surface area (Å²) >= 11 is 3.33. The number of rotatable bonds is 3. The molecule has 1 rings (SSSR count). The van der Waals surface area contributed by atoms with E-state index in [1.54, 1.807) is 26.4 Å². The van der Waals surface area contributed by atoms with E-state index in [9.17, 15) is 0 Å². The molecular formula is C8H11BrN2O2. The molecule has 0 bridgehead atoms. The fraction of sp³-hybridized carbons (Fsp3) is 0.250. The third kappa shape index (κ3) is 2.05. The van der Waals surface area contributed by atoms with E-state index in [0.29, 0.717) is 17.2 Å². The molecule has 0 aliphatic carbocycles. The Balaban J connectivity index is 3.25. The molecule has 0 aromatic heterocycles. The van der Waals surface area contributed by atoms with Crippen LogP contribution in [0.25, 0.3) is 0 Å². The predicted molar refractivity (Wildman–Crippen MR) is 55.1 cm³/mol. The van der Waals surface area contributed by atoms with E-state index in [1.165, 1.54) is 0 Å². The largest absolute Gasteiger partial charge is 0.494 e. The Kier molecular flexibility index (Phi) is 3.39. The van der Waals surface area contributed by atoms with Crippen LogP contribution in [0.5, 0.6) is 11.5 Å². The maximum absolute atomic E-state index is 5.33. The Labute approximate surface area is 85.1 Å². The maximum atomic E-state index is 5.33. The summed E-state index contributed by atoms with van der Waals surface area (Å²) in [4.78, 5) is 0. The highest BCUT2D eigenvalue weighted by Crippen LogP contribution is 2.36. The van der Waals surface area contributed by atoms with Crippen molar-refractivity contribution in [1.29, 1.82) is 0 Å². The molecule has 0 unspecified atom stereocenters. The summed E-state index contributed by atoms with van der Waals surface area (Å²) < 4.78 is 11.1. The number of hydrogen-bond donors (Lipinski definition) is 2. The normalized spacial score (nSPS) is 9.54. The van der Waals surface area contributed by atoms with Crippen molar-refractivity contribution in [3.63, 3.8) is 0 Å². The molecule has 0 amide bonds. The Morgan fingerprint density at radius 1 is 1.23 bits per heavy atom. The smallest absolute Gasteiger partial charge is 0.148 e. The van der Waals surface area contributed by atoms with Crippen LogP contribution < -0.4 is 20.7 Å². The number of ether oxygens (including phenoxy) is 2. The number of halogens is 1. The molecule has 1 aromatic carbocycles. The van der Waals surface area contributed by atoms with Crippen molar-refractivity contribution >= 4 is 21.6 Å². The number of methoxy groups -OCH3 is 2. The lowest BCUT2D eigenvalue weighted by atomic mass is 10.2. The number of benzene rings is 1. The molecule has 0 aliphatic rings. The highest BCUT2D eigenvalue weighted by atomic mass is 79.9.